The van der Waals surface area contributed by atoms with Crippen LogP contribution in [-0.2, 0) is 14.3 Å². The zero-order chi connectivity index (χ0) is 28.6. The predicted octanol–water partition coefficient (Wildman–Crippen LogP) is 3.58. The number of ether oxygens (including phenoxy) is 2. The Hall–Kier alpha value is -4.31. The molecule has 0 unspecified atom stereocenters. The third kappa shape index (κ3) is 4.90. The van der Waals surface area contributed by atoms with Gasteiger partial charge in [-0.2, -0.15) is 10.1 Å². The summed E-state index contributed by atoms with van der Waals surface area (Å²) in [5.74, 6) is -0.941. The number of nitrogens with zero attached hydrogens (tertiary/aromatic N) is 4. The Labute approximate surface area is 235 Å². The number of anilines is 1. The molecule has 0 fully saturated rings. The molecule has 2 atom stereocenters. The second-order valence-electron chi connectivity index (χ2n) is 9.73. The molecular formula is C30H30N4O5S. The molecule has 0 bridgehead atoms. The Morgan fingerprint density at radius 3 is 2.48 bits per heavy atom. The summed E-state index contributed by atoms with van der Waals surface area (Å²) in [5, 5.41) is 5.81. The van der Waals surface area contributed by atoms with Crippen LogP contribution in [-0.4, -0.2) is 34.9 Å². The molecule has 0 spiro atoms. The maximum absolute atomic E-state index is 14.0. The summed E-state index contributed by atoms with van der Waals surface area (Å²) in [5.41, 5.74) is 2.24. The number of hydrogen-bond donors (Lipinski definition) is 0. The molecular weight excluding hydrogens is 528 g/mol. The maximum atomic E-state index is 14.0. The number of fused-ring (bicyclic) bond motifs is 1. The van der Waals surface area contributed by atoms with Gasteiger partial charge in [-0.25, -0.2) is 9.79 Å². The van der Waals surface area contributed by atoms with Crippen LogP contribution < -0.4 is 24.6 Å². The van der Waals surface area contributed by atoms with Gasteiger partial charge in [0.2, 0.25) is 0 Å². The average Bonchev–Trinajstić information content (AvgIpc) is 3.38. The Kier molecular flexibility index (Phi) is 7.53. The van der Waals surface area contributed by atoms with E-state index in [1.807, 2.05) is 56.3 Å². The number of carbonyl (C=O) groups excluding carboxylic acids is 2. The van der Waals surface area contributed by atoms with Crippen LogP contribution in [0.5, 0.6) is 5.75 Å². The Bertz CT molecular complexity index is 1720. The third-order valence-corrected chi connectivity index (χ3v) is 7.60. The van der Waals surface area contributed by atoms with Crippen molar-refractivity contribution in [2.45, 2.75) is 46.8 Å². The minimum absolute atomic E-state index is 0.128. The molecule has 3 heterocycles. The minimum Gasteiger partial charge on any atom is -0.491 e. The number of hydrogen-bond acceptors (Lipinski definition) is 8. The van der Waals surface area contributed by atoms with E-state index in [1.165, 1.54) is 20.9 Å². The first-order valence-corrected chi connectivity index (χ1v) is 13.9. The normalized spacial score (nSPS) is 19.1. The SMILES string of the molecule is CCOC(=O)C1=C(C)N=c2s/c(=C/[C@@H]3C(=O)N(c4ccccc4)N=C3C)c(=O)n2[C@H]1c1ccccc1OC(C)C. The lowest BCUT2D eigenvalue weighted by atomic mass is 9.95. The molecule has 206 valence electrons. The molecule has 9 nitrogen and oxygen atoms in total. The smallest absolute Gasteiger partial charge is 0.338 e. The van der Waals surface area contributed by atoms with Gasteiger partial charge in [0.25, 0.3) is 11.5 Å². The van der Waals surface area contributed by atoms with Gasteiger partial charge in [-0.05, 0) is 58.9 Å². The predicted molar refractivity (Wildman–Crippen MR) is 154 cm³/mol. The van der Waals surface area contributed by atoms with Crippen molar-refractivity contribution in [1.82, 2.24) is 4.57 Å². The first-order chi connectivity index (χ1) is 19.2. The lowest BCUT2D eigenvalue weighted by molar-refractivity contribution is -0.139. The molecule has 2 aliphatic rings. The number of benzene rings is 2. The molecule has 1 aromatic heterocycles. The highest BCUT2D eigenvalue weighted by molar-refractivity contribution is 7.07. The van der Waals surface area contributed by atoms with Crippen molar-refractivity contribution in [3.63, 3.8) is 0 Å². The second kappa shape index (κ2) is 11.1. The summed E-state index contributed by atoms with van der Waals surface area (Å²) < 4.78 is 13.3. The van der Waals surface area contributed by atoms with Crippen LogP contribution in [0.4, 0.5) is 5.69 Å². The maximum Gasteiger partial charge on any atom is 0.338 e. The fourth-order valence-corrected chi connectivity index (χ4v) is 5.90. The van der Waals surface area contributed by atoms with Crippen molar-refractivity contribution in [2.75, 3.05) is 11.6 Å². The largest absolute Gasteiger partial charge is 0.491 e. The van der Waals surface area contributed by atoms with Gasteiger partial charge in [-0.1, -0.05) is 47.7 Å². The zero-order valence-electron chi connectivity index (χ0n) is 23.0. The molecule has 40 heavy (non-hydrogen) atoms. The van der Waals surface area contributed by atoms with Crippen molar-refractivity contribution in [3.8, 4) is 5.75 Å². The van der Waals surface area contributed by atoms with Crippen molar-refractivity contribution >= 4 is 40.7 Å². The molecule has 0 saturated heterocycles. The van der Waals surface area contributed by atoms with Gasteiger partial charge in [-0.3, -0.25) is 14.2 Å². The van der Waals surface area contributed by atoms with Crippen molar-refractivity contribution in [3.05, 3.63) is 91.1 Å². The van der Waals surface area contributed by atoms with E-state index in [0.29, 0.717) is 37.7 Å². The first-order valence-electron chi connectivity index (χ1n) is 13.1. The number of rotatable bonds is 7. The molecule has 5 rings (SSSR count). The fourth-order valence-electron chi connectivity index (χ4n) is 4.84. The number of hydrazone groups is 1. The van der Waals surface area contributed by atoms with E-state index >= 15 is 0 Å². The molecule has 2 aromatic carbocycles. The van der Waals surface area contributed by atoms with Crippen LogP contribution >= 0.6 is 11.3 Å². The summed E-state index contributed by atoms with van der Waals surface area (Å²) >= 11 is 1.17. The monoisotopic (exact) mass is 558 g/mol. The molecule has 2 aliphatic heterocycles. The van der Waals surface area contributed by atoms with Gasteiger partial charge in [0.05, 0.1) is 39.9 Å². The van der Waals surface area contributed by atoms with Gasteiger partial charge in [0, 0.05) is 5.56 Å². The number of carbonyl (C=O) groups is 2. The first kappa shape index (κ1) is 27.3. The summed E-state index contributed by atoms with van der Waals surface area (Å²) in [6.45, 7) is 9.24. The standard InChI is InChI=1S/C30H30N4O5S/c1-6-38-29(37)25-19(5)31-30-33(26(25)21-14-10-11-15-23(21)39-17(2)3)28(36)24(40-30)16-22-18(4)32-34(27(22)35)20-12-8-7-9-13-20/h7-17,22,26H,6H2,1-5H3/b24-16+/t22-,26-/m0/s1. The van der Waals surface area contributed by atoms with Crippen LogP contribution in [0.1, 0.15) is 46.2 Å². The van der Waals surface area contributed by atoms with E-state index in [2.05, 4.69) is 10.1 Å². The minimum atomic E-state index is -0.817. The van der Waals surface area contributed by atoms with Gasteiger partial charge < -0.3 is 9.47 Å². The van der Waals surface area contributed by atoms with E-state index in [1.54, 1.807) is 39.0 Å². The highest BCUT2D eigenvalue weighted by atomic mass is 32.1. The van der Waals surface area contributed by atoms with E-state index in [4.69, 9.17) is 9.47 Å². The van der Waals surface area contributed by atoms with E-state index in [0.717, 1.165) is 0 Å². The Balaban J connectivity index is 1.66. The molecule has 1 amide bonds. The van der Waals surface area contributed by atoms with Gasteiger partial charge >= 0.3 is 5.97 Å². The Morgan fingerprint density at radius 2 is 1.77 bits per heavy atom. The highest BCUT2D eigenvalue weighted by Crippen LogP contribution is 2.36. The molecule has 0 radical (unpaired) electrons. The summed E-state index contributed by atoms with van der Waals surface area (Å²) in [6, 6.07) is 15.7. The highest BCUT2D eigenvalue weighted by Gasteiger charge is 2.36. The van der Waals surface area contributed by atoms with Gasteiger partial charge in [-0.15, -0.1) is 0 Å². The number of aromatic nitrogens is 1. The van der Waals surface area contributed by atoms with Crippen LogP contribution in [0.25, 0.3) is 6.08 Å². The lowest BCUT2D eigenvalue weighted by Gasteiger charge is -2.26. The molecule has 0 N–H and O–H groups in total. The van der Waals surface area contributed by atoms with Crippen LogP contribution in [0.3, 0.4) is 0 Å². The molecule has 3 aromatic rings. The van der Waals surface area contributed by atoms with Crippen LogP contribution in [0.15, 0.2) is 80.8 Å². The van der Waals surface area contributed by atoms with Crippen LogP contribution in [0.2, 0.25) is 0 Å². The lowest BCUT2D eigenvalue weighted by Crippen LogP contribution is -2.40. The number of allylic oxidation sites excluding steroid dienone is 1. The van der Waals surface area contributed by atoms with Gasteiger partial charge in [0.15, 0.2) is 4.80 Å². The topological polar surface area (TPSA) is 103 Å². The van der Waals surface area contributed by atoms with Gasteiger partial charge in [0.1, 0.15) is 17.7 Å². The molecule has 0 saturated carbocycles. The summed E-state index contributed by atoms with van der Waals surface area (Å²) in [7, 11) is 0. The van der Waals surface area contributed by atoms with Crippen molar-refractivity contribution < 1.29 is 19.1 Å². The van der Waals surface area contributed by atoms with E-state index < -0.39 is 17.9 Å². The van der Waals surface area contributed by atoms with Crippen molar-refractivity contribution in [1.29, 1.82) is 0 Å². The van der Waals surface area contributed by atoms with Crippen molar-refractivity contribution in [2.24, 2.45) is 16.0 Å². The van der Waals surface area contributed by atoms with Crippen LogP contribution in [0, 0.1) is 5.92 Å². The average molecular weight is 559 g/mol. The third-order valence-electron chi connectivity index (χ3n) is 6.59. The number of amides is 1. The second-order valence-corrected chi connectivity index (χ2v) is 10.7. The Morgan fingerprint density at radius 1 is 1.07 bits per heavy atom. The molecule has 10 heteroatoms. The zero-order valence-corrected chi connectivity index (χ0v) is 23.8. The number of esters is 1. The number of thiazole rings is 1. The van der Waals surface area contributed by atoms with E-state index in [9.17, 15) is 14.4 Å². The summed E-state index contributed by atoms with van der Waals surface area (Å²) in [4.78, 5) is 45.6. The number of para-hydroxylation sites is 2. The quantitative estimate of drug-likeness (QED) is 0.413. The summed E-state index contributed by atoms with van der Waals surface area (Å²) in [6.07, 6.45) is 1.52. The van der Waals surface area contributed by atoms with E-state index in [-0.39, 0.29) is 29.8 Å². The fraction of sp³-hybridized carbons (Fsp3) is 0.300. The molecule has 0 aliphatic carbocycles.